The summed E-state index contributed by atoms with van der Waals surface area (Å²) in [5, 5.41) is 5.49. The molecule has 2 atom stereocenters. The van der Waals surface area contributed by atoms with Crippen LogP contribution in [0, 0.1) is 0 Å². The summed E-state index contributed by atoms with van der Waals surface area (Å²) in [7, 11) is 3.19. The van der Waals surface area contributed by atoms with Gasteiger partial charge < -0.3 is 30.7 Å². The lowest BCUT2D eigenvalue weighted by molar-refractivity contribution is -0.137. The highest BCUT2D eigenvalue weighted by atomic mass is 16.2. The number of aromatic nitrogens is 1. The maximum atomic E-state index is 13.0. The van der Waals surface area contributed by atoms with E-state index in [1.807, 2.05) is 13.8 Å². The molecule has 10 heteroatoms. The smallest absolute Gasteiger partial charge is 0.315 e. The summed E-state index contributed by atoms with van der Waals surface area (Å²) in [5.41, 5.74) is 5.63. The molecule has 2 rings (SSSR count). The van der Waals surface area contributed by atoms with Crippen LogP contribution < -0.4 is 16.4 Å². The number of hydrogen-bond acceptors (Lipinski definition) is 4. The normalized spacial score (nSPS) is 18.8. The van der Waals surface area contributed by atoms with Gasteiger partial charge in [-0.25, -0.2) is 4.79 Å². The van der Waals surface area contributed by atoms with Crippen LogP contribution in [0.2, 0.25) is 0 Å². The lowest BCUT2D eigenvalue weighted by atomic mass is 10.1. The first-order valence-electron chi connectivity index (χ1n) is 9.14. The second-order valence-corrected chi connectivity index (χ2v) is 7.28. The number of nitrogens with two attached hydrogens (primary N) is 1. The topological polar surface area (TPSA) is 130 Å². The molecule has 0 aromatic carbocycles. The first-order valence-corrected chi connectivity index (χ1v) is 9.14. The number of nitrogens with one attached hydrogen (secondary N) is 2. The highest BCUT2D eigenvalue weighted by Crippen LogP contribution is 2.23. The van der Waals surface area contributed by atoms with Gasteiger partial charge in [-0.3, -0.25) is 14.4 Å². The number of nitrogens with zero attached hydrogens (tertiary/aromatic N) is 3. The molecule has 0 spiro atoms. The minimum Gasteiger partial charge on any atom is -0.368 e. The molecule has 1 saturated heterocycles. The summed E-state index contributed by atoms with van der Waals surface area (Å²) in [6.45, 7) is 3.68. The maximum absolute atomic E-state index is 13.0. The molecule has 5 amide bonds. The van der Waals surface area contributed by atoms with Crippen molar-refractivity contribution in [3.05, 3.63) is 24.0 Å². The second kappa shape index (κ2) is 8.77. The Bertz CT molecular complexity index is 759. The Balaban J connectivity index is 2.27. The van der Waals surface area contributed by atoms with E-state index in [-0.39, 0.29) is 18.5 Å². The Morgan fingerprint density at radius 2 is 2.00 bits per heavy atom. The van der Waals surface area contributed by atoms with E-state index in [0.717, 1.165) is 0 Å². The van der Waals surface area contributed by atoms with Crippen molar-refractivity contribution < 1.29 is 19.2 Å². The van der Waals surface area contributed by atoms with Gasteiger partial charge in [-0.2, -0.15) is 0 Å². The number of likely N-dealkylation sites (tertiary alicyclic amines) is 1. The maximum Gasteiger partial charge on any atom is 0.315 e. The number of rotatable bonds is 6. The zero-order chi connectivity index (χ0) is 21.0. The summed E-state index contributed by atoms with van der Waals surface area (Å²) >= 11 is 0. The molecule has 0 bridgehead atoms. The van der Waals surface area contributed by atoms with Crippen LogP contribution in [0.1, 0.15) is 30.8 Å². The van der Waals surface area contributed by atoms with Crippen LogP contribution in [0.15, 0.2) is 18.3 Å². The van der Waals surface area contributed by atoms with Crippen molar-refractivity contribution in [1.29, 1.82) is 0 Å². The molecule has 1 aliphatic rings. The van der Waals surface area contributed by atoms with Crippen molar-refractivity contribution in [2.75, 3.05) is 20.1 Å². The van der Waals surface area contributed by atoms with Crippen molar-refractivity contribution in [2.45, 2.75) is 38.4 Å². The van der Waals surface area contributed by atoms with Crippen LogP contribution in [-0.2, 0) is 16.6 Å². The predicted octanol–water partition coefficient (Wildman–Crippen LogP) is -0.740. The van der Waals surface area contributed by atoms with Crippen molar-refractivity contribution in [1.82, 2.24) is 25.0 Å². The fraction of sp³-hybridized carbons (Fsp3) is 0.556. The van der Waals surface area contributed by atoms with E-state index in [0.29, 0.717) is 18.7 Å². The number of primary amides is 1. The van der Waals surface area contributed by atoms with Gasteiger partial charge in [0.05, 0.1) is 12.6 Å². The molecule has 0 radical (unpaired) electrons. The van der Waals surface area contributed by atoms with Crippen LogP contribution in [0.25, 0.3) is 0 Å². The van der Waals surface area contributed by atoms with E-state index in [9.17, 15) is 19.2 Å². The number of likely N-dealkylation sites (N-methyl/N-ethyl adjacent to an activating group) is 1. The van der Waals surface area contributed by atoms with Crippen LogP contribution in [0.4, 0.5) is 4.79 Å². The molecule has 1 fully saturated rings. The van der Waals surface area contributed by atoms with Gasteiger partial charge in [0.1, 0.15) is 11.7 Å². The molecule has 154 valence electrons. The monoisotopic (exact) mass is 392 g/mol. The Hall–Kier alpha value is -3.04. The Morgan fingerprint density at radius 3 is 2.54 bits per heavy atom. The molecular weight excluding hydrogens is 364 g/mol. The molecule has 2 unspecified atom stereocenters. The zero-order valence-corrected chi connectivity index (χ0v) is 16.6. The summed E-state index contributed by atoms with van der Waals surface area (Å²) in [4.78, 5) is 52.0. The molecule has 28 heavy (non-hydrogen) atoms. The van der Waals surface area contributed by atoms with Crippen molar-refractivity contribution >= 4 is 23.8 Å². The average Bonchev–Trinajstić information content (AvgIpc) is 3.18. The van der Waals surface area contributed by atoms with Crippen LogP contribution in [-0.4, -0.2) is 76.4 Å². The van der Waals surface area contributed by atoms with Gasteiger partial charge in [-0.1, -0.05) is 0 Å². The van der Waals surface area contributed by atoms with Crippen molar-refractivity contribution in [3.8, 4) is 0 Å². The Labute approximate surface area is 164 Å². The van der Waals surface area contributed by atoms with Gasteiger partial charge in [0.25, 0.3) is 5.91 Å². The summed E-state index contributed by atoms with van der Waals surface area (Å²) in [6.07, 6.45) is 2.16. The Kier molecular flexibility index (Phi) is 6.66. The summed E-state index contributed by atoms with van der Waals surface area (Å²) in [6, 6.07) is 1.42. The van der Waals surface area contributed by atoms with E-state index in [2.05, 4.69) is 10.6 Å². The number of amides is 5. The molecule has 1 aliphatic heterocycles. The number of urea groups is 1. The molecule has 0 saturated carbocycles. The average molecular weight is 392 g/mol. The summed E-state index contributed by atoms with van der Waals surface area (Å²) in [5.74, 6) is -1.42. The third-order valence-corrected chi connectivity index (χ3v) is 4.58. The third-order valence-electron chi connectivity index (χ3n) is 4.58. The molecule has 1 aromatic heterocycles. The van der Waals surface area contributed by atoms with E-state index in [1.165, 1.54) is 16.8 Å². The lowest BCUT2D eigenvalue weighted by Crippen LogP contribution is -2.57. The van der Waals surface area contributed by atoms with Gasteiger partial charge >= 0.3 is 6.03 Å². The van der Waals surface area contributed by atoms with Crippen molar-refractivity contribution in [3.63, 3.8) is 0 Å². The number of aryl methyl sites for hydroxylation is 1. The summed E-state index contributed by atoms with van der Waals surface area (Å²) < 4.78 is 1.67. The third kappa shape index (κ3) is 4.81. The molecule has 0 aliphatic carbocycles. The molecule has 4 N–H and O–H groups in total. The fourth-order valence-electron chi connectivity index (χ4n) is 3.32. The SMILES string of the molecule is CC(C)NC(=O)NC1CCN(C(=O)c2cccn2C)C1C(=O)N(C)CC(N)=O. The largest absolute Gasteiger partial charge is 0.368 e. The standard InChI is InChI=1S/C18H28N6O4/c1-11(2)20-18(28)21-12-7-9-24(16(26)13-6-5-8-22(13)3)15(12)17(27)23(4)10-14(19)25/h5-6,8,11-12,15H,7,9-10H2,1-4H3,(H2,19,25)(H2,20,21,28). The fourth-order valence-corrected chi connectivity index (χ4v) is 3.32. The van der Waals surface area contributed by atoms with Crippen LogP contribution in [0.5, 0.6) is 0 Å². The number of carbonyl (C=O) groups excluding carboxylic acids is 4. The van der Waals surface area contributed by atoms with Crippen LogP contribution in [0.3, 0.4) is 0 Å². The highest BCUT2D eigenvalue weighted by molar-refractivity contribution is 5.98. The highest BCUT2D eigenvalue weighted by Gasteiger charge is 2.44. The van der Waals surface area contributed by atoms with Crippen LogP contribution >= 0.6 is 0 Å². The first-order chi connectivity index (χ1) is 13.1. The zero-order valence-electron chi connectivity index (χ0n) is 16.6. The minimum absolute atomic E-state index is 0.0748. The van der Waals surface area contributed by atoms with Gasteiger partial charge in [0.15, 0.2) is 0 Å². The van der Waals surface area contributed by atoms with Crippen molar-refractivity contribution in [2.24, 2.45) is 12.8 Å². The quantitative estimate of drug-likeness (QED) is 0.589. The predicted molar refractivity (Wildman–Crippen MR) is 102 cm³/mol. The molecular formula is C18H28N6O4. The molecule has 1 aromatic rings. The van der Waals surface area contributed by atoms with Gasteiger partial charge in [0, 0.05) is 32.9 Å². The number of carbonyl (C=O) groups is 4. The first kappa shape index (κ1) is 21.3. The Morgan fingerprint density at radius 1 is 1.32 bits per heavy atom. The van der Waals surface area contributed by atoms with E-state index >= 15 is 0 Å². The second-order valence-electron chi connectivity index (χ2n) is 7.28. The molecule has 2 heterocycles. The van der Waals surface area contributed by atoms with E-state index in [1.54, 1.807) is 29.9 Å². The number of hydrogen-bond donors (Lipinski definition) is 3. The molecule has 10 nitrogen and oxygen atoms in total. The van der Waals surface area contributed by atoms with Gasteiger partial charge in [0.2, 0.25) is 11.8 Å². The van der Waals surface area contributed by atoms with E-state index < -0.39 is 29.9 Å². The van der Waals surface area contributed by atoms with E-state index in [4.69, 9.17) is 5.73 Å². The van der Waals surface area contributed by atoms with Gasteiger partial charge in [-0.15, -0.1) is 0 Å². The lowest BCUT2D eigenvalue weighted by Gasteiger charge is -2.31. The van der Waals surface area contributed by atoms with Gasteiger partial charge in [-0.05, 0) is 32.4 Å². The minimum atomic E-state index is -0.926.